The predicted molar refractivity (Wildman–Crippen MR) is 102 cm³/mol. The molecule has 0 radical (unpaired) electrons. The van der Waals surface area contributed by atoms with E-state index in [9.17, 15) is 22.4 Å². The molecule has 2 N–H and O–H groups in total. The molecule has 8 nitrogen and oxygen atoms in total. The first-order valence-electron chi connectivity index (χ1n) is 9.66. The molecule has 1 unspecified atom stereocenters. The lowest BCUT2D eigenvalue weighted by atomic mass is 9.86. The molecule has 0 spiro atoms. The summed E-state index contributed by atoms with van der Waals surface area (Å²) in [6, 6.07) is 4.39. The summed E-state index contributed by atoms with van der Waals surface area (Å²) in [6.07, 6.45) is -5.11. The molecule has 2 heterocycles. The lowest BCUT2D eigenvalue weighted by Gasteiger charge is -2.28. The monoisotopic (exact) mass is 445 g/mol. The molecule has 2 aromatic rings. The van der Waals surface area contributed by atoms with Crippen LogP contribution in [-0.2, 0) is 10.2 Å². The number of ether oxygens (including phenoxy) is 1. The molecular formula is C19H23F4N5O3. The smallest absolute Gasteiger partial charge is 0.383 e. The maximum atomic E-state index is 14.1. The Kier molecular flexibility index (Phi) is 7.11. The molecule has 31 heavy (non-hydrogen) atoms. The SMILES string of the molecule is COCCNCCNC(=O)N1CCC(c2nc(-c3ccc(F)cc3)no2)(C(F)(F)F)C1. The second-order valence-corrected chi connectivity index (χ2v) is 7.16. The minimum Gasteiger partial charge on any atom is -0.383 e. The first-order chi connectivity index (χ1) is 14.8. The third-order valence-corrected chi connectivity index (χ3v) is 5.10. The summed E-state index contributed by atoms with van der Waals surface area (Å²) in [5.41, 5.74) is -2.14. The Morgan fingerprint density at radius 2 is 2.00 bits per heavy atom. The zero-order valence-electron chi connectivity index (χ0n) is 16.8. The lowest BCUT2D eigenvalue weighted by Crippen LogP contribution is -2.48. The van der Waals surface area contributed by atoms with Crippen LogP contribution < -0.4 is 10.6 Å². The van der Waals surface area contributed by atoms with Gasteiger partial charge in [-0.15, -0.1) is 0 Å². The Balaban J connectivity index is 1.69. The van der Waals surface area contributed by atoms with E-state index >= 15 is 0 Å². The van der Waals surface area contributed by atoms with Crippen LogP contribution in [0.1, 0.15) is 12.3 Å². The molecule has 1 aromatic heterocycles. The minimum atomic E-state index is -4.71. The van der Waals surface area contributed by atoms with Gasteiger partial charge in [0.15, 0.2) is 5.41 Å². The van der Waals surface area contributed by atoms with Crippen molar-refractivity contribution in [1.29, 1.82) is 0 Å². The van der Waals surface area contributed by atoms with E-state index in [0.29, 0.717) is 25.3 Å². The Hall–Kier alpha value is -2.73. The summed E-state index contributed by atoms with van der Waals surface area (Å²) in [4.78, 5) is 17.3. The van der Waals surface area contributed by atoms with Gasteiger partial charge in [-0.2, -0.15) is 18.2 Å². The normalized spacial score (nSPS) is 19.1. The number of hydrogen-bond acceptors (Lipinski definition) is 6. The van der Waals surface area contributed by atoms with Crippen molar-refractivity contribution in [3.05, 3.63) is 36.0 Å². The number of halogens is 4. The molecule has 1 fully saturated rings. The molecule has 0 bridgehead atoms. The average Bonchev–Trinajstić information content (AvgIpc) is 3.39. The van der Waals surface area contributed by atoms with Gasteiger partial charge in [-0.05, 0) is 30.7 Å². The van der Waals surface area contributed by atoms with Crippen molar-refractivity contribution in [1.82, 2.24) is 25.7 Å². The van der Waals surface area contributed by atoms with Gasteiger partial charge in [0.1, 0.15) is 5.82 Å². The number of aromatic nitrogens is 2. The summed E-state index contributed by atoms with van der Waals surface area (Å²) in [5.74, 6) is -1.19. The third kappa shape index (κ3) is 5.13. The van der Waals surface area contributed by atoms with E-state index in [1.54, 1.807) is 7.11 Å². The van der Waals surface area contributed by atoms with Gasteiger partial charge in [0, 0.05) is 45.4 Å². The summed E-state index contributed by atoms with van der Waals surface area (Å²) in [5, 5.41) is 9.25. The number of urea groups is 1. The second-order valence-electron chi connectivity index (χ2n) is 7.16. The van der Waals surface area contributed by atoms with E-state index in [1.807, 2.05) is 0 Å². The highest BCUT2D eigenvalue weighted by Gasteiger charge is 2.63. The van der Waals surface area contributed by atoms with Gasteiger partial charge in [-0.1, -0.05) is 5.16 Å². The second kappa shape index (κ2) is 9.60. The Morgan fingerprint density at radius 3 is 2.68 bits per heavy atom. The fourth-order valence-corrected chi connectivity index (χ4v) is 3.31. The van der Waals surface area contributed by atoms with Crippen molar-refractivity contribution in [2.75, 3.05) is 46.4 Å². The molecule has 1 aromatic carbocycles. The molecule has 1 saturated heterocycles. The Morgan fingerprint density at radius 1 is 1.26 bits per heavy atom. The van der Waals surface area contributed by atoms with Crippen LogP contribution >= 0.6 is 0 Å². The van der Waals surface area contributed by atoms with Gasteiger partial charge in [0.2, 0.25) is 11.7 Å². The molecule has 1 aliphatic rings. The maximum absolute atomic E-state index is 14.1. The fraction of sp³-hybridized carbons (Fsp3) is 0.526. The van der Waals surface area contributed by atoms with E-state index in [2.05, 4.69) is 20.8 Å². The Bertz CT molecular complexity index is 874. The molecule has 1 atom stereocenters. The van der Waals surface area contributed by atoms with Crippen LogP contribution in [0, 0.1) is 5.82 Å². The lowest BCUT2D eigenvalue weighted by molar-refractivity contribution is -0.193. The molecule has 0 saturated carbocycles. The van der Waals surface area contributed by atoms with Crippen molar-refractivity contribution >= 4 is 6.03 Å². The number of carbonyl (C=O) groups excluding carboxylic acids is 1. The molecule has 12 heteroatoms. The van der Waals surface area contributed by atoms with E-state index in [1.165, 1.54) is 12.1 Å². The van der Waals surface area contributed by atoms with E-state index in [0.717, 1.165) is 17.0 Å². The van der Waals surface area contributed by atoms with Crippen molar-refractivity contribution in [2.45, 2.75) is 18.0 Å². The highest BCUT2D eigenvalue weighted by Crippen LogP contribution is 2.47. The summed E-state index contributed by atoms with van der Waals surface area (Å²) < 4.78 is 65.2. The first-order valence-corrected chi connectivity index (χ1v) is 9.66. The van der Waals surface area contributed by atoms with Crippen molar-refractivity contribution in [3.63, 3.8) is 0 Å². The van der Waals surface area contributed by atoms with Crippen molar-refractivity contribution in [2.24, 2.45) is 0 Å². The number of methoxy groups -OCH3 is 1. The largest absolute Gasteiger partial charge is 0.405 e. The van der Waals surface area contributed by atoms with Gasteiger partial charge >= 0.3 is 12.2 Å². The minimum absolute atomic E-state index is 0.0799. The van der Waals surface area contributed by atoms with Crippen LogP contribution in [-0.4, -0.2) is 73.7 Å². The van der Waals surface area contributed by atoms with E-state index in [-0.39, 0.29) is 18.9 Å². The Labute approximate surface area is 175 Å². The summed E-state index contributed by atoms with van der Waals surface area (Å²) in [7, 11) is 1.57. The number of rotatable bonds is 8. The molecule has 1 aliphatic heterocycles. The van der Waals surface area contributed by atoms with Crippen LogP contribution in [0.4, 0.5) is 22.4 Å². The number of benzene rings is 1. The van der Waals surface area contributed by atoms with Gasteiger partial charge in [0.25, 0.3) is 0 Å². The third-order valence-electron chi connectivity index (χ3n) is 5.10. The first kappa shape index (κ1) is 22.9. The highest BCUT2D eigenvalue weighted by molar-refractivity contribution is 5.74. The zero-order valence-corrected chi connectivity index (χ0v) is 16.8. The van der Waals surface area contributed by atoms with Gasteiger partial charge < -0.3 is 24.8 Å². The maximum Gasteiger partial charge on any atom is 0.405 e. The van der Waals surface area contributed by atoms with Gasteiger partial charge in [-0.25, -0.2) is 9.18 Å². The number of likely N-dealkylation sites (tertiary alicyclic amines) is 1. The van der Waals surface area contributed by atoms with E-state index in [4.69, 9.17) is 9.26 Å². The fourth-order valence-electron chi connectivity index (χ4n) is 3.31. The summed E-state index contributed by atoms with van der Waals surface area (Å²) >= 11 is 0. The number of nitrogens with one attached hydrogen (secondary N) is 2. The number of alkyl halides is 3. The zero-order chi connectivity index (χ0) is 22.5. The average molecular weight is 445 g/mol. The van der Waals surface area contributed by atoms with Crippen LogP contribution in [0.5, 0.6) is 0 Å². The quantitative estimate of drug-likeness (QED) is 0.479. The summed E-state index contributed by atoms with van der Waals surface area (Å²) in [6.45, 7) is 1.08. The number of carbonyl (C=O) groups is 1. The molecule has 2 amide bonds. The van der Waals surface area contributed by atoms with E-state index < -0.39 is 42.3 Å². The van der Waals surface area contributed by atoms with Gasteiger partial charge in [-0.3, -0.25) is 0 Å². The molecular weight excluding hydrogens is 422 g/mol. The predicted octanol–water partition coefficient (Wildman–Crippen LogP) is 2.33. The standard InChI is InChI=1S/C19H23F4N5O3/c1-30-11-9-24-7-8-25-17(29)28-10-6-18(12-28,19(21,22)23)16-26-15(27-31-16)13-2-4-14(20)5-3-13/h2-5,24H,6-12H2,1H3,(H,25,29). The van der Waals surface area contributed by atoms with Crippen molar-refractivity contribution in [3.8, 4) is 11.4 Å². The van der Waals surface area contributed by atoms with Crippen molar-refractivity contribution < 1.29 is 31.6 Å². The molecule has 0 aliphatic carbocycles. The van der Waals surface area contributed by atoms with Crippen LogP contribution in [0.3, 0.4) is 0 Å². The highest BCUT2D eigenvalue weighted by atomic mass is 19.4. The van der Waals surface area contributed by atoms with Crippen LogP contribution in [0.15, 0.2) is 28.8 Å². The van der Waals surface area contributed by atoms with Gasteiger partial charge in [0.05, 0.1) is 6.61 Å². The molecule has 170 valence electrons. The number of hydrogen-bond donors (Lipinski definition) is 2. The van der Waals surface area contributed by atoms with Crippen LogP contribution in [0.25, 0.3) is 11.4 Å². The topological polar surface area (TPSA) is 92.5 Å². The number of amides is 2. The number of nitrogens with zero attached hydrogens (tertiary/aromatic N) is 3. The van der Waals surface area contributed by atoms with Crippen LogP contribution in [0.2, 0.25) is 0 Å². The molecule has 3 rings (SSSR count).